The average molecular weight is 214 g/mol. The second-order valence-corrected chi connectivity index (χ2v) is 2.85. The molecule has 1 N–H and O–H groups in total. The fourth-order valence-electron chi connectivity index (χ4n) is 0.989. The highest BCUT2D eigenvalue weighted by Gasteiger charge is 2.15. The zero-order valence-corrected chi connectivity index (χ0v) is 8.60. The second kappa shape index (κ2) is 7.76. The summed E-state index contributed by atoms with van der Waals surface area (Å²) in [4.78, 5) is 23.0. The van der Waals surface area contributed by atoms with Gasteiger partial charge in [-0.3, -0.25) is 9.59 Å². The third-order valence-corrected chi connectivity index (χ3v) is 1.71. The standard InChI is InChI=1S/C9H14N2O4/c1-15-6-5-11(4-2-3-10)8(12)7-9(13)14/h2,4-7H2,1H3,(H,13,14). The number of hydrogen-bond acceptors (Lipinski definition) is 4. The van der Waals surface area contributed by atoms with Crippen LogP contribution in [-0.2, 0) is 14.3 Å². The maximum absolute atomic E-state index is 11.3. The Balaban J connectivity index is 4.14. The summed E-state index contributed by atoms with van der Waals surface area (Å²) in [5, 5.41) is 16.8. The maximum Gasteiger partial charge on any atom is 0.312 e. The number of methoxy groups -OCH3 is 1. The summed E-state index contributed by atoms with van der Waals surface area (Å²) in [6, 6.07) is 1.90. The summed E-state index contributed by atoms with van der Waals surface area (Å²) < 4.78 is 4.78. The highest BCUT2D eigenvalue weighted by Crippen LogP contribution is 1.96. The molecule has 0 aliphatic heterocycles. The van der Waals surface area contributed by atoms with Gasteiger partial charge >= 0.3 is 5.97 Å². The van der Waals surface area contributed by atoms with Crippen molar-refractivity contribution >= 4 is 11.9 Å². The molecule has 0 bridgehead atoms. The van der Waals surface area contributed by atoms with Gasteiger partial charge in [0.05, 0.1) is 19.1 Å². The molecule has 1 amide bonds. The first-order valence-electron chi connectivity index (χ1n) is 4.47. The number of carbonyl (C=O) groups is 2. The van der Waals surface area contributed by atoms with Crippen molar-refractivity contribution in [2.24, 2.45) is 0 Å². The van der Waals surface area contributed by atoms with Crippen LogP contribution in [0.4, 0.5) is 0 Å². The lowest BCUT2D eigenvalue weighted by Gasteiger charge is -2.20. The Labute approximate surface area is 88.0 Å². The van der Waals surface area contributed by atoms with Gasteiger partial charge in [-0.15, -0.1) is 0 Å². The van der Waals surface area contributed by atoms with Crippen LogP contribution in [0.15, 0.2) is 0 Å². The number of aliphatic carboxylic acids is 1. The molecule has 0 heterocycles. The molecule has 0 fully saturated rings. The van der Waals surface area contributed by atoms with Crippen LogP contribution in [0.3, 0.4) is 0 Å². The van der Waals surface area contributed by atoms with Crippen LogP contribution in [-0.4, -0.2) is 48.7 Å². The van der Waals surface area contributed by atoms with E-state index in [2.05, 4.69) is 0 Å². The number of carboxylic acid groups (broad SMARTS) is 1. The molecule has 6 nitrogen and oxygen atoms in total. The Morgan fingerprint density at radius 2 is 2.13 bits per heavy atom. The second-order valence-electron chi connectivity index (χ2n) is 2.85. The first-order chi connectivity index (χ1) is 7.11. The molecule has 0 saturated heterocycles. The Morgan fingerprint density at radius 1 is 1.47 bits per heavy atom. The third kappa shape index (κ3) is 6.46. The predicted molar refractivity (Wildman–Crippen MR) is 50.9 cm³/mol. The summed E-state index contributed by atoms with van der Waals surface area (Å²) in [6.07, 6.45) is -0.357. The number of carboxylic acids is 1. The Hall–Kier alpha value is -1.61. The van der Waals surface area contributed by atoms with Crippen molar-refractivity contribution in [3.8, 4) is 6.07 Å². The lowest BCUT2D eigenvalue weighted by molar-refractivity contribution is -0.144. The van der Waals surface area contributed by atoms with E-state index in [9.17, 15) is 9.59 Å². The highest BCUT2D eigenvalue weighted by molar-refractivity contribution is 5.93. The van der Waals surface area contributed by atoms with Crippen molar-refractivity contribution in [2.75, 3.05) is 26.8 Å². The van der Waals surface area contributed by atoms with E-state index in [0.717, 1.165) is 0 Å². The van der Waals surface area contributed by atoms with E-state index in [0.29, 0.717) is 13.2 Å². The van der Waals surface area contributed by atoms with Crippen LogP contribution < -0.4 is 0 Å². The topological polar surface area (TPSA) is 90.6 Å². The smallest absolute Gasteiger partial charge is 0.312 e. The Bertz CT molecular complexity index is 259. The zero-order valence-electron chi connectivity index (χ0n) is 8.60. The van der Waals surface area contributed by atoms with E-state index < -0.39 is 18.3 Å². The van der Waals surface area contributed by atoms with Crippen LogP contribution in [0, 0.1) is 11.3 Å². The van der Waals surface area contributed by atoms with E-state index >= 15 is 0 Å². The third-order valence-electron chi connectivity index (χ3n) is 1.71. The van der Waals surface area contributed by atoms with Gasteiger partial charge in [0.1, 0.15) is 6.42 Å². The van der Waals surface area contributed by atoms with E-state index in [4.69, 9.17) is 15.1 Å². The molecule has 0 aromatic heterocycles. The quantitative estimate of drug-likeness (QED) is 0.595. The molecule has 0 aromatic rings. The molecule has 0 saturated carbocycles. The summed E-state index contributed by atoms with van der Waals surface area (Å²) in [5.74, 6) is -1.66. The maximum atomic E-state index is 11.3. The minimum atomic E-state index is -1.17. The highest BCUT2D eigenvalue weighted by atomic mass is 16.5. The molecule has 0 spiro atoms. The minimum absolute atomic E-state index is 0.190. The van der Waals surface area contributed by atoms with Crippen LogP contribution in [0.1, 0.15) is 12.8 Å². The lowest BCUT2D eigenvalue weighted by atomic mass is 10.3. The van der Waals surface area contributed by atoms with Crippen molar-refractivity contribution in [1.29, 1.82) is 5.26 Å². The number of ether oxygens (including phenoxy) is 1. The molecule has 0 aliphatic carbocycles. The van der Waals surface area contributed by atoms with E-state index in [1.807, 2.05) is 6.07 Å². The minimum Gasteiger partial charge on any atom is -0.481 e. The molecule has 0 aromatic carbocycles. The molecular formula is C9H14N2O4. The first-order valence-corrected chi connectivity index (χ1v) is 4.47. The van der Waals surface area contributed by atoms with E-state index in [1.54, 1.807) is 0 Å². The summed E-state index contributed by atoms with van der Waals surface area (Å²) in [7, 11) is 1.49. The van der Waals surface area contributed by atoms with Crippen LogP contribution in [0.2, 0.25) is 0 Å². The van der Waals surface area contributed by atoms with Gasteiger partial charge in [-0.05, 0) is 0 Å². The molecule has 0 aliphatic rings. The van der Waals surface area contributed by atoms with Gasteiger partial charge < -0.3 is 14.7 Å². The largest absolute Gasteiger partial charge is 0.481 e. The summed E-state index contributed by atoms with van der Waals surface area (Å²) >= 11 is 0. The normalized spacial score (nSPS) is 9.33. The Kier molecular flexibility index (Phi) is 6.93. The van der Waals surface area contributed by atoms with Gasteiger partial charge in [0.2, 0.25) is 5.91 Å². The van der Waals surface area contributed by atoms with Crippen LogP contribution >= 0.6 is 0 Å². The molecule has 84 valence electrons. The summed E-state index contributed by atoms with van der Waals surface area (Å²) in [6.45, 7) is 0.882. The number of nitriles is 1. The lowest BCUT2D eigenvalue weighted by Crippen LogP contribution is -2.35. The van der Waals surface area contributed by atoms with Crippen molar-refractivity contribution in [2.45, 2.75) is 12.8 Å². The molecule has 15 heavy (non-hydrogen) atoms. The number of amides is 1. The number of hydrogen-bond donors (Lipinski definition) is 1. The van der Waals surface area contributed by atoms with Gasteiger partial charge in [-0.25, -0.2) is 0 Å². The molecule has 0 rings (SSSR count). The number of nitrogens with zero attached hydrogens (tertiary/aromatic N) is 2. The summed E-state index contributed by atoms with van der Waals surface area (Å²) in [5.41, 5.74) is 0. The van der Waals surface area contributed by atoms with Crippen molar-refractivity contribution < 1.29 is 19.4 Å². The van der Waals surface area contributed by atoms with Crippen molar-refractivity contribution in [3.63, 3.8) is 0 Å². The fourth-order valence-corrected chi connectivity index (χ4v) is 0.989. The number of carbonyl (C=O) groups excluding carboxylic acids is 1. The van der Waals surface area contributed by atoms with Gasteiger partial charge in [0.15, 0.2) is 0 Å². The first kappa shape index (κ1) is 13.4. The SMILES string of the molecule is COCCN(CCC#N)C(=O)CC(=O)O. The zero-order chi connectivity index (χ0) is 11.7. The molecule has 0 radical (unpaired) electrons. The molecular weight excluding hydrogens is 200 g/mol. The van der Waals surface area contributed by atoms with Gasteiger partial charge in [0, 0.05) is 20.2 Å². The van der Waals surface area contributed by atoms with Crippen LogP contribution in [0.25, 0.3) is 0 Å². The molecule has 6 heteroatoms. The van der Waals surface area contributed by atoms with E-state index in [-0.39, 0.29) is 13.0 Å². The van der Waals surface area contributed by atoms with Crippen LogP contribution in [0.5, 0.6) is 0 Å². The molecule has 0 atom stereocenters. The fraction of sp³-hybridized carbons (Fsp3) is 0.667. The van der Waals surface area contributed by atoms with Crippen molar-refractivity contribution in [1.82, 2.24) is 4.90 Å². The predicted octanol–water partition coefficient (Wildman–Crippen LogP) is -0.150. The monoisotopic (exact) mass is 214 g/mol. The van der Waals surface area contributed by atoms with Gasteiger partial charge in [0.25, 0.3) is 0 Å². The average Bonchev–Trinajstić information content (AvgIpc) is 2.17. The van der Waals surface area contributed by atoms with Gasteiger partial charge in [-0.1, -0.05) is 0 Å². The number of rotatable bonds is 7. The van der Waals surface area contributed by atoms with Gasteiger partial charge in [-0.2, -0.15) is 5.26 Å². The molecule has 0 unspecified atom stereocenters. The van der Waals surface area contributed by atoms with E-state index in [1.165, 1.54) is 12.0 Å². The van der Waals surface area contributed by atoms with Crippen molar-refractivity contribution in [3.05, 3.63) is 0 Å². The Morgan fingerprint density at radius 3 is 2.60 bits per heavy atom.